The molecule has 0 atom stereocenters. The number of aromatic carboxylic acids is 1. The number of hydrogen-bond acceptors (Lipinski definition) is 4. The monoisotopic (exact) mass is 166 g/mol. The summed E-state index contributed by atoms with van der Waals surface area (Å²) in [5, 5.41) is 20.6. The average molecular weight is 166 g/mol. The Labute approximate surface area is 67.4 Å². The van der Waals surface area contributed by atoms with Crippen LogP contribution < -0.4 is 5.11 Å². The van der Waals surface area contributed by atoms with E-state index in [1.807, 2.05) is 0 Å². The molecule has 0 spiro atoms. The first-order chi connectivity index (χ1) is 5.63. The Bertz CT molecular complexity index is 301. The molecule has 62 valence electrons. The maximum atomic E-state index is 10.3. The highest BCUT2D eigenvalue weighted by atomic mass is 16.6. The third kappa shape index (κ3) is 1.39. The number of nitrogens with zero attached hydrogens (tertiary/aromatic N) is 1. The van der Waals surface area contributed by atoms with Crippen LogP contribution in [-0.2, 0) is 0 Å². The number of nitro benzene ring substituents is 1. The first-order valence-electron chi connectivity index (χ1n) is 3.07. The molecule has 12 heavy (non-hydrogen) atoms. The van der Waals surface area contributed by atoms with E-state index in [9.17, 15) is 20.0 Å². The summed E-state index contributed by atoms with van der Waals surface area (Å²) in [5.74, 6) is -1.54. The van der Waals surface area contributed by atoms with E-state index in [0.717, 1.165) is 12.1 Å². The normalized spacial score (nSPS) is 9.33. The van der Waals surface area contributed by atoms with Crippen LogP contribution in [0, 0.1) is 10.1 Å². The summed E-state index contributed by atoms with van der Waals surface area (Å²) in [6.07, 6.45) is 0. The van der Waals surface area contributed by atoms with Gasteiger partial charge in [-0.3, -0.25) is 10.1 Å². The van der Waals surface area contributed by atoms with Crippen LogP contribution in [0.5, 0.6) is 0 Å². The van der Waals surface area contributed by atoms with E-state index < -0.39 is 22.1 Å². The van der Waals surface area contributed by atoms with Crippen LogP contribution in [0.2, 0.25) is 0 Å². The highest BCUT2D eigenvalue weighted by Crippen LogP contribution is 2.15. The molecule has 0 radical (unpaired) electrons. The van der Waals surface area contributed by atoms with Gasteiger partial charge in [-0.05, 0) is 6.07 Å². The number of hydrogen-bond donors (Lipinski definition) is 0. The Balaban J connectivity index is 3.27. The molecule has 0 N–H and O–H groups in total. The number of carbonyl (C=O) groups is 1. The zero-order chi connectivity index (χ0) is 9.14. The molecule has 0 fully saturated rings. The second-order valence-electron chi connectivity index (χ2n) is 2.06. The lowest BCUT2D eigenvalue weighted by molar-refractivity contribution is -0.385. The van der Waals surface area contributed by atoms with Gasteiger partial charge >= 0.3 is 0 Å². The summed E-state index contributed by atoms with van der Waals surface area (Å²) in [6, 6.07) is 5.04. The Hall–Kier alpha value is -1.91. The van der Waals surface area contributed by atoms with Gasteiger partial charge < -0.3 is 9.90 Å². The van der Waals surface area contributed by atoms with Crippen molar-refractivity contribution in [2.45, 2.75) is 0 Å². The molecule has 0 heterocycles. The van der Waals surface area contributed by atoms with Crippen molar-refractivity contribution in [1.29, 1.82) is 0 Å². The number of nitro groups is 1. The zero-order valence-corrected chi connectivity index (χ0v) is 5.89. The van der Waals surface area contributed by atoms with E-state index in [1.54, 1.807) is 0 Å². The van der Waals surface area contributed by atoms with Crippen LogP contribution in [0.25, 0.3) is 0 Å². The highest BCUT2D eigenvalue weighted by Gasteiger charge is 2.11. The SMILES string of the molecule is O=C([O-])c1ccccc1[N+](=O)[O-]. The van der Waals surface area contributed by atoms with Gasteiger partial charge in [-0.15, -0.1) is 0 Å². The maximum Gasteiger partial charge on any atom is 0.278 e. The van der Waals surface area contributed by atoms with E-state index >= 15 is 0 Å². The second kappa shape index (κ2) is 3.00. The highest BCUT2D eigenvalue weighted by molar-refractivity contribution is 5.90. The summed E-state index contributed by atoms with van der Waals surface area (Å²) in [6.45, 7) is 0. The second-order valence-corrected chi connectivity index (χ2v) is 2.06. The lowest BCUT2D eigenvalue weighted by atomic mass is 10.2. The molecule has 1 aromatic rings. The summed E-state index contributed by atoms with van der Waals surface area (Å²) in [5.41, 5.74) is -0.847. The molecule has 0 aliphatic carbocycles. The van der Waals surface area contributed by atoms with Crippen LogP contribution in [0.3, 0.4) is 0 Å². The van der Waals surface area contributed by atoms with Gasteiger partial charge in [-0.1, -0.05) is 12.1 Å². The summed E-state index contributed by atoms with van der Waals surface area (Å²) in [4.78, 5) is 19.8. The average Bonchev–Trinajstić information content (AvgIpc) is 2.04. The molecule has 1 aromatic carbocycles. The van der Waals surface area contributed by atoms with Crippen LogP contribution in [-0.4, -0.2) is 10.9 Å². The van der Waals surface area contributed by atoms with Crippen LogP contribution in [0.4, 0.5) is 5.69 Å². The minimum absolute atomic E-state index is 0.400. The summed E-state index contributed by atoms with van der Waals surface area (Å²) < 4.78 is 0. The number of rotatable bonds is 2. The molecule has 0 saturated heterocycles. The van der Waals surface area contributed by atoms with Crippen LogP contribution >= 0.6 is 0 Å². The van der Waals surface area contributed by atoms with Crippen molar-refractivity contribution in [3.05, 3.63) is 39.9 Å². The van der Waals surface area contributed by atoms with Crippen LogP contribution in [0.1, 0.15) is 10.4 Å². The summed E-state index contributed by atoms with van der Waals surface area (Å²) >= 11 is 0. The standard InChI is InChI=1S/C7H5NO4/c9-7(10)5-3-1-2-4-6(5)8(11)12/h1-4H,(H,9,10)/p-1. The van der Waals surface area contributed by atoms with Crippen molar-refractivity contribution < 1.29 is 14.8 Å². The van der Waals surface area contributed by atoms with Gasteiger partial charge in [-0.25, -0.2) is 0 Å². The number of carboxylic acid groups (broad SMARTS) is 1. The fourth-order valence-corrected chi connectivity index (χ4v) is 0.805. The van der Waals surface area contributed by atoms with Gasteiger partial charge in [0.25, 0.3) is 5.69 Å². The first-order valence-corrected chi connectivity index (χ1v) is 3.07. The molecule has 0 unspecified atom stereocenters. The molecule has 0 bridgehead atoms. The number of benzene rings is 1. The maximum absolute atomic E-state index is 10.3. The first kappa shape index (κ1) is 8.19. The van der Waals surface area contributed by atoms with Gasteiger partial charge in [0.15, 0.2) is 0 Å². The number of carboxylic acids is 1. The predicted octanol–water partition coefficient (Wildman–Crippen LogP) is -0.0417. The Morgan fingerprint density at radius 1 is 1.33 bits per heavy atom. The van der Waals surface area contributed by atoms with E-state index in [4.69, 9.17) is 0 Å². The van der Waals surface area contributed by atoms with Crippen molar-refractivity contribution >= 4 is 11.7 Å². The Kier molecular flexibility index (Phi) is 2.05. The van der Waals surface area contributed by atoms with E-state index in [0.29, 0.717) is 0 Å². The van der Waals surface area contributed by atoms with Crippen molar-refractivity contribution in [2.24, 2.45) is 0 Å². The molecule has 1 rings (SSSR count). The minimum Gasteiger partial charge on any atom is -0.545 e. The van der Waals surface area contributed by atoms with Gasteiger partial charge in [0.1, 0.15) is 0 Å². The molecule has 0 aliphatic rings. The van der Waals surface area contributed by atoms with E-state index in [1.165, 1.54) is 12.1 Å². The third-order valence-corrected chi connectivity index (χ3v) is 1.32. The topological polar surface area (TPSA) is 83.3 Å². The van der Waals surface area contributed by atoms with Gasteiger partial charge in [-0.2, -0.15) is 0 Å². The molecule has 5 nitrogen and oxygen atoms in total. The molecule has 0 saturated carbocycles. The minimum atomic E-state index is -1.54. The summed E-state index contributed by atoms with van der Waals surface area (Å²) in [7, 11) is 0. The van der Waals surface area contributed by atoms with Crippen molar-refractivity contribution in [3.63, 3.8) is 0 Å². The zero-order valence-electron chi connectivity index (χ0n) is 5.89. The van der Waals surface area contributed by atoms with Gasteiger partial charge in [0.05, 0.1) is 16.5 Å². The molecule has 0 amide bonds. The van der Waals surface area contributed by atoms with Gasteiger partial charge in [0, 0.05) is 6.07 Å². The van der Waals surface area contributed by atoms with Crippen LogP contribution in [0.15, 0.2) is 24.3 Å². The Morgan fingerprint density at radius 3 is 2.33 bits per heavy atom. The quantitative estimate of drug-likeness (QED) is 0.455. The molecule has 0 aromatic heterocycles. The van der Waals surface area contributed by atoms with E-state index in [-0.39, 0.29) is 0 Å². The van der Waals surface area contributed by atoms with E-state index in [2.05, 4.69) is 0 Å². The molecular weight excluding hydrogens is 162 g/mol. The van der Waals surface area contributed by atoms with Crippen molar-refractivity contribution in [1.82, 2.24) is 0 Å². The fraction of sp³-hybridized carbons (Fsp3) is 0. The third-order valence-electron chi connectivity index (χ3n) is 1.32. The number of carbonyl (C=O) groups excluding carboxylic acids is 1. The fourth-order valence-electron chi connectivity index (χ4n) is 0.805. The smallest absolute Gasteiger partial charge is 0.278 e. The Morgan fingerprint density at radius 2 is 1.92 bits per heavy atom. The molecule has 5 heteroatoms. The lowest BCUT2D eigenvalue weighted by Crippen LogP contribution is -2.23. The van der Waals surface area contributed by atoms with Gasteiger partial charge in [0.2, 0.25) is 0 Å². The molecular formula is C7H4NO4-. The van der Waals surface area contributed by atoms with Crippen molar-refractivity contribution in [2.75, 3.05) is 0 Å². The van der Waals surface area contributed by atoms with Crippen molar-refractivity contribution in [3.8, 4) is 0 Å². The lowest BCUT2D eigenvalue weighted by Gasteiger charge is -2.01. The molecule has 0 aliphatic heterocycles. The largest absolute Gasteiger partial charge is 0.545 e. The number of para-hydroxylation sites is 1. The predicted molar refractivity (Wildman–Crippen MR) is 37.4 cm³/mol.